The van der Waals surface area contributed by atoms with E-state index >= 15 is 0 Å². The number of rotatable bonds is 4. The Bertz CT molecular complexity index is 930. The van der Waals surface area contributed by atoms with Crippen LogP contribution in [0, 0.1) is 6.92 Å². The maximum absolute atomic E-state index is 12.4. The molecule has 7 heteroatoms. The van der Waals surface area contributed by atoms with Crippen LogP contribution in [0.25, 0.3) is 10.9 Å². The van der Waals surface area contributed by atoms with Crippen molar-refractivity contribution in [2.45, 2.75) is 20.0 Å². The van der Waals surface area contributed by atoms with Crippen molar-refractivity contribution in [1.82, 2.24) is 14.9 Å². The number of nitrogens with zero attached hydrogens (tertiary/aromatic N) is 2. The zero-order chi connectivity index (χ0) is 16.4. The van der Waals surface area contributed by atoms with Crippen LogP contribution in [0.2, 0.25) is 5.02 Å². The Labute approximate surface area is 136 Å². The van der Waals surface area contributed by atoms with Crippen molar-refractivity contribution in [3.8, 4) is 0 Å². The Kier molecular flexibility index (Phi) is 4.16. The van der Waals surface area contributed by atoms with Gasteiger partial charge in [0.05, 0.1) is 23.8 Å². The molecule has 1 amide bonds. The van der Waals surface area contributed by atoms with Crippen molar-refractivity contribution < 1.29 is 9.21 Å². The highest BCUT2D eigenvalue weighted by atomic mass is 35.5. The van der Waals surface area contributed by atoms with Crippen LogP contribution in [-0.4, -0.2) is 15.5 Å². The molecule has 2 aromatic heterocycles. The maximum Gasteiger partial charge on any atom is 0.261 e. The smallest absolute Gasteiger partial charge is 0.261 e. The number of nitrogens with one attached hydrogen (secondary N) is 1. The molecule has 0 bridgehead atoms. The molecule has 3 aromatic rings. The highest BCUT2D eigenvalue weighted by Crippen LogP contribution is 2.14. The number of aryl methyl sites for hydroxylation is 1. The third kappa shape index (κ3) is 3.43. The highest BCUT2D eigenvalue weighted by Gasteiger charge is 2.09. The molecule has 0 atom stereocenters. The normalized spacial score (nSPS) is 10.9. The van der Waals surface area contributed by atoms with Crippen LogP contribution >= 0.6 is 11.6 Å². The Balaban J connectivity index is 1.74. The summed E-state index contributed by atoms with van der Waals surface area (Å²) in [6.45, 7) is 1.99. The van der Waals surface area contributed by atoms with Gasteiger partial charge in [-0.3, -0.25) is 14.2 Å². The number of furan rings is 1. The quantitative estimate of drug-likeness (QED) is 0.795. The standard InChI is InChI=1S/C16H14ClN3O3/c1-10-2-4-12(23-10)7-18-15(21)8-20-9-19-14-5-3-11(17)6-13(14)16(20)22/h2-6,9H,7-8H2,1H3,(H,18,21). The van der Waals surface area contributed by atoms with Gasteiger partial charge in [-0.15, -0.1) is 0 Å². The Morgan fingerprint density at radius 1 is 1.35 bits per heavy atom. The van der Waals surface area contributed by atoms with Crippen molar-refractivity contribution in [1.29, 1.82) is 0 Å². The maximum atomic E-state index is 12.4. The third-order valence-corrected chi connectivity index (χ3v) is 3.59. The summed E-state index contributed by atoms with van der Waals surface area (Å²) >= 11 is 5.90. The molecule has 0 saturated heterocycles. The van der Waals surface area contributed by atoms with Gasteiger partial charge in [-0.1, -0.05) is 11.6 Å². The minimum Gasteiger partial charge on any atom is -0.465 e. The molecule has 0 aliphatic heterocycles. The Morgan fingerprint density at radius 3 is 2.91 bits per heavy atom. The van der Waals surface area contributed by atoms with Crippen LogP contribution in [0.15, 0.2) is 45.9 Å². The van der Waals surface area contributed by atoms with E-state index in [1.165, 1.54) is 10.9 Å². The SMILES string of the molecule is Cc1ccc(CNC(=O)Cn2cnc3ccc(Cl)cc3c2=O)o1. The second-order valence-electron chi connectivity index (χ2n) is 5.13. The van der Waals surface area contributed by atoms with E-state index in [-0.39, 0.29) is 24.6 Å². The van der Waals surface area contributed by atoms with E-state index in [4.69, 9.17) is 16.0 Å². The number of hydrogen-bond acceptors (Lipinski definition) is 4. The first kappa shape index (κ1) is 15.3. The fourth-order valence-corrected chi connectivity index (χ4v) is 2.39. The van der Waals surface area contributed by atoms with Gasteiger partial charge >= 0.3 is 0 Å². The van der Waals surface area contributed by atoms with E-state index < -0.39 is 0 Å². The van der Waals surface area contributed by atoms with Gasteiger partial charge in [-0.2, -0.15) is 0 Å². The van der Waals surface area contributed by atoms with Gasteiger partial charge in [-0.05, 0) is 37.3 Å². The lowest BCUT2D eigenvalue weighted by atomic mass is 10.2. The summed E-state index contributed by atoms with van der Waals surface area (Å²) in [5.41, 5.74) is 0.239. The summed E-state index contributed by atoms with van der Waals surface area (Å²) in [6.07, 6.45) is 1.36. The van der Waals surface area contributed by atoms with Crippen molar-refractivity contribution in [2.75, 3.05) is 0 Å². The largest absolute Gasteiger partial charge is 0.465 e. The molecule has 1 aromatic carbocycles. The lowest BCUT2D eigenvalue weighted by molar-refractivity contribution is -0.122. The molecule has 23 heavy (non-hydrogen) atoms. The summed E-state index contributed by atoms with van der Waals surface area (Å²) in [5, 5.41) is 3.54. The van der Waals surface area contributed by atoms with E-state index in [9.17, 15) is 9.59 Å². The number of carbonyl (C=O) groups excluding carboxylic acids is 1. The Morgan fingerprint density at radius 2 is 2.17 bits per heavy atom. The molecular weight excluding hydrogens is 318 g/mol. The lowest BCUT2D eigenvalue weighted by Gasteiger charge is -2.07. The summed E-state index contributed by atoms with van der Waals surface area (Å²) in [6, 6.07) is 8.50. The molecule has 0 radical (unpaired) electrons. The minimum atomic E-state index is -0.304. The van der Waals surface area contributed by atoms with E-state index in [2.05, 4.69) is 10.3 Å². The van der Waals surface area contributed by atoms with Crippen molar-refractivity contribution >= 4 is 28.4 Å². The fourth-order valence-electron chi connectivity index (χ4n) is 2.22. The molecule has 0 fully saturated rings. The molecule has 0 saturated carbocycles. The van der Waals surface area contributed by atoms with Gasteiger partial charge in [0.2, 0.25) is 5.91 Å². The topological polar surface area (TPSA) is 77.1 Å². The first-order chi connectivity index (χ1) is 11.0. The summed E-state index contributed by atoms with van der Waals surface area (Å²) in [4.78, 5) is 28.5. The third-order valence-electron chi connectivity index (χ3n) is 3.36. The molecule has 118 valence electrons. The van der Waals surface area contributed by atoms with Gasteiger partial charge in [0.1, 0.15) is 18.1 Å². The second-order valence-corrected chi connectivity index (χ2v) is 5.56. The van der Waals surface area contributed by atoms with Crippen LogP contribution in [0.3, 0.4) is 0 Å². The number of amides is 1. The van der Waals surface area contributed by atoms with Gasteiger partial charge < -0.3 is 9.73 Å². The van der Waals surface area contributed by atoms with Crippen LogP contribution in [0.1, 0.15) is 11.5 Å². The van der Waals surface area contributed by atoms with E-state index in [1.807, 2.05) is 13.0 Å². The Hall–Kier alpha value is -2.60. The number of carbonyl (C=O) groups is 1. The molecule has 0 unspecified atom stereocenters. The monoisotopic (exact) mass is 331 g/mol. The van der Waals surface area contributed by atoms with Gasteiger partial charge in [0.15, 0.2) is 0 Å². The van der Waals surface area contributed by atoms with Crippen molar-refractivity contribution in [2.24, 2.45) is 0 Å². The van der Waals surface area contributed by atoms with E-state index in [0.29, 0.717) is 21.7 Å². The second kappa shape index (κ2) is 6.26. The molecule has 2 heterocycles. The van der Waals surface area contributed by atoms with Crippen LogP contribution in [-0.2, 0) is 17.9 Å². The number of aromatic nitrogens is 2. The van der Waals surface area contributed by atoms with Crippen LogP contribution < -0.4 is 10.9 Å². The molecule has 0 aliphatic rings. The van der Waals surface area contributed by atoms with Crippen molar-refractivity contribution in [3.63, 3.8) is 0 Å². The predicted octanol–water partition coefficient (Wildman–Crippen LogP) is 2.27. The fraction of sp³-hybridized carbons (Fsp3) is 0.188. The number of benzene rings is 1. The van der Waals surface area contributed by atoms with Gasteiger partial charge in [0.25, 0.3) is 5.56 Å². The summed E-state index contributed by atoms with van der Waals surface area (Å²) < 4.78 is 6.62. The van der Waals surface area contributed by atoms with Crippen LogP contribution in [0.4, 0.5) is 0 Å². The predicted molar refractivity (Wildman–Crippen MR) is 86.3 cm³/mol. The molecule has 0 aliphatic carbocycles. The first-order valence-electron chi connectivity index (χ1n) is 6.99. The average molecular weight is 332 g/mol. The number of fused-ring (bicyclic) bond motifs is 1. The van der Waals surface area contributed by atoms with E-state index in [1.54, 1.807) is 24.3 Å². The zero-order valence-electron chi connectivity index (χ0n) is 12.4. The minimum absolute atomic E-state index is 0.117. The molecule has 1 N–H and O–H groups in total. The first-order valence-corrected chi connectivity index (χ1v) is 7.37. The average Bonchev–Trinajstić information content (AvgIpc) is 2.94. The lowest BCUT2D eigenvalue weighted by Crippen LogP contribution is -2.32. The zero-order valence-corrected chi connectivity index (χ0v) is 13.1. The molecule has 0 spiro atoms. The molecule has 3 rings (SSSR count). The molecular formula is C16H14ClN3O3. The van der Waals surface area contributed by atoms with Crippen molar-refractivity contribution in [3.05, 3.63) is 63.6 Å². The summed E-state index contributed by atoms with van der Waals surface area (Å²) in [5.74, 6) is 1.14. The molecule has 6 nitrogen and oxygen atoms in total. The highest BCUT2D eigenvalue weighted by molar-refractivity contribution is 6.31. The van der Waals surface area contributed by atoms with Crippen LogP contribution in [0.5, 0.6) is 0 Å². The summed E-state index contributed by atoms with van der Waals surface area (Å²) in [7, 11) is 0. The number of hydrogen-bond donors (Lipinski definition) is 1. The number of halogens is 1. The van der Waals surface area contributed by atoms with E-state index in [0.717, 1.165) is 5.76 Å². The van der Waals surface area contributed by atoms with Gasteiger partial charge in [-0.25, -0.2) is 4.98 Å². The van der Waals surface area contributed by atoms with Gasteiger partial charge in [0, 0.05) is 5.02 Å².